The fraction of sp³-hybridized carbons (Fsp3) is 0.444. The largest absolute Gasteiger partial charge is 0.302 e. The van der Waals surface area contributed by atoms with Crippen molar-refractivity contribution in [2.24, 2.45) is 0 Å². The van der Waals surface area contributed by atoms with Crippen LogP contribution in [0.3, 0.4) is 0 Å². The molecule has 5 heteroatoms. The van der Waals surface area contributed by atoms with Gasteiger partial charge in [0.25, 0.3) is 0 Å². The molecule has 1 aliphatic carbocycles. The quantitative estimate of drug-likeness (QED) is 0.513. The van der Waals surface area contributed by atoms with Crippen molar-refractivity contribution in [3.8, 4) is 0 Å². The van der Waals surface area contributed by atoms with Gasteiger partial charge in [-0.15, -0.1) is 16.8 Å². The van der Waals surface area contributed by atoms with E-state index in [0.717, 1.165) is 28.3 Å². The molecular formula is C18H22ClN3S. The van der Waals surface area contributed by atoms with Crippen LogP contribution in [0, 0.1) is 0 Å². The lowest BCUT2D eigenvalue weighted by molar-refractivity contribution is 0.415. The summed E-state index contributed by atoms with van der Waals surface area (Å²) in [6.07, 6.45) is 8.34. The van der Waals surface area contributed by atoms with E-state index in [9.17, 15) is 0 Å². The molecule has 0 radical (unpaired) electrons. The molecule has 0 atom stereocenters. The minimum absolute atomic E-state index is 0.553. The number of benzene rings is 1. The van der Waals surface area contributed by atoms with Crippen molar-refractivity contribution in [3.05, 3.63) is 53.3 Å². The van der Waals surface area contributed by atoms with Gasteiger partial charge >= 0.3 is 0 Å². The Kier molecular flexibility index (Phi) is 5.79. The lowest BCUT2D eigenvalue weighted by Crippen LogP contribution is -2.12. The standard InChI is InChI=1S/C18H22ClN3S/c1-2-11-22-17(15-8-4-3-5-9-15)20-21-18(22)23-13-14-7-6-10-16(19)12-14/h2,6-7,10,12,15H,1,3-5,8-9,11,13H2. The Morgan fingerprint density at radius 1 is 1.26 bits per heavy atom. The molecule has 0 N–H and O–H groups in total. The van der Waals surface area contributed by atoms with Gasteiger partial charge in [-0.3, -0.25) is 0 Å². The zero-order valence-electron chi connectivity index (χ0n) is 13.2. The van der Waals surface area contributed by atoms with Crippen LogP contribution in [0.4, 0.5) is 0 Å². The van der Waals surface area contributed by atoms with Gasteiger partial charge in [-0.25, -0.2) is 0 Å². The molecular weight excluding hydrogens is 326 g/mol. The van der Waals surface area contributed by atoms with Crippen LogP contribution in [0.25, 0.3) is 0 Å². The number of aromatic nitrogens is 3. The van der Waals surface area contributed by atoms with E-state index in [-0.39, 0.29) is 0 Å². The molecule has 0 aliphatic heterocycles. The highest BCUT2D eigenvalue weighted by Crippen LogP contribution is 2.33. The van der Waals surface area contributed by atoms with E-state index in [1.54, 1.807) is 11.8 Å². The normalized spacial score (nSPS) is 15.7. The Labute approximate surface area is 147 Å². The Balaban J connectivity index is 1.75. The number of rotatable bonds is 6. The van der Waals surface area contributed by atoms with Crippen molar-refractivity contribution in [1.29, 1.82) is 0 Å². The first-order chi connectivity index (χ1) is 11.3. The highest BCUT2D eigenvalue weighted by molar-refractivity contribution is 7.98. The SMILES string of the molecule is C=CCn1c(SCc2cccc(Cl)c2)nnc1C1CCCCC1. The predicted octanol–water partition coefficient (Wildman–Crippen LogP) is 5.46. The summed E-state index contributed by atoms with van der Waals surface area (Å²) in [4.78, 5) is 0. The van der Waals surface area contributed by atoms with Gasteiger partial charge in [0.05, 0.1) is 0 Å². The third-order valence-corrected chi connectivity index (χ3v) is 5.56. The van der Waals surface area contributed by atoms with Gasteiger partial charge in [0.2, 0.25) is 0 Å². The number of allylic oxidation sites excluding steroid dienone is 1. The third-order valence-electron chi connectivity index (χ3n) is 4.28. The van der Waals surface area contributed by atoms with Crippen LogP contribution in [-0.2, 0) is 12.3 Å². The van der Waals surface area contributed by atoms with E-state index >= 15 is 0 Å². The van der Waals surface area contributed by atoms with Crippen molar-refractivity contribution in [2.75, 3.05) is 0 Å². The van der Waals surface area contributed by atoms with Crippen LogP contribution in [0.2, 0.25) is 5.02 Å². The van der Waals surface area contributed by atoms with Gasteiger partial charge < -0.3 is 4.57 Å². The average molecular weight is 348 g/mol. The molecule has 23 heavy (non-hydrogen) atoms. The van der Waals surface area contributed by atoms with Crippen LogP contribution < -0.4 is 0 Å². The topological polar surface area (TPSA) is 30.7 Å². The lowest BCUT2D eigenvalue weighted by Gasteiger charge is -2.21. The number of hydrogen-bond acceptors (Lipinski definition) is 3. The van der Waals surface area contributed by atoms with Crippen LogP contribution in [-0.4, -0.2) is 14.8 Å². The Hall–Kier alpha value is -1.26. The van der Waals surface area contributed by atoms with E-state index in [1.165, 1.54) is 37.7 Å². The number of halogens is 1. The number of nitrogens with zero attached hydrogens (tertiary/aromatic N) is 3. The fourth-order valence-corrected chi connectivity index (χ4v) is 4.26. The predicted molar refractivity (Wildman–Crippen MR) is 97.1 cm³/mol. The molecule has 3 nitrogen and oxygen atoms in total. The third kappa shape index (κ3) is 4.18. The Morgan fingerprint density at radius 3 is 2.83 bits per heavy atom. The maximum atomic E-state index is 6.06. The van der Waals surface area contributed by atoms with Crippen molar-refractivity contribution < 1.29 is 0 Å². The van der Waals surface area contributed by atoms with Gasteiger partial charge in [0.15, 0.2) is 5.16 Å². The molecule has 2 aromatic rings. The highest BCUT2D eigenvalue weighted by Gasteiger charge is 2.22. The molecule has 1 saturated carbocycles. The maximum absolute atomic E-state index is 6.06. The molecule has 1 heterocycles. The van der Waals surface area contributed by atoms with Crippen molar-refractivity contribution in [3.63, 3.8) is 0 Å². The van der Waals surface area contributed by atoms with Gasteiger partial charge in [0, 0.05) is 23.2 Å². The van der Waals surface area contributed by atoms with E-state index in [4.69, 9.17) is 11.6 Å². The van der Waals surface area contributed by atoms with Gasteiger partial charge in [0.1, 0.15) is 5.82 Å². The van der Waals surface area contributed by atoms with Gasteiger partial charge in [-0.1, -0.05) is 60.8 Å². The molecule has 1 aliphatic rings. The molecule has 1 fully saturated rings. The molecule has 0 spiro atoms. The first-order valence-electron chi connectivity index (χ1n) is 8.19. The summed E-state index contributed by atoms with van der Waals surface area (Å²) in [5.74, 6) is 2.54. The Morgan fingerprint density at radius 2 is 2.09 bits per heavy atom. The summed E-state index contributed by atoms with van der Waals surface area (Å²) >= 11 is 7.77. The fourth-order valence-electron chi connectivity index (χ4n) is 3.14. The number of hydrogen-bond donors (Lipinski definition) is 0. The minimum Gasteiger partial charge on any atom is -0.302 e. The zero-order valence-corrected chi connectivity index (χ0v) is 14.8. The first-order valence-corrected chi connectivity index (χ1v) is 9.55. The van der Waals surface area contributed by atoms with Crippen molar-refractivity contribution in [2.45, 2.75) is 55.5 Å². The van der Waals surface area contributed by atoms with E-state index < -0.39 is 0 Å². The molecule has 1 aromatic heterocycles. The van der Waals surface area contributed by atoms with Crippen LogP contribution in [0.1, 0.15) is 49.4 Å². The summed E-state index contributed by atoms with van der Waals surface area (Å²) < 4.78 is 2.23. The Bertz CT molecular complexity index is 662. The zero-order chi connectivity index (χ0) is 16.1. The summed E-state index contributed by atoms with van der Waals surface area (Å²) in [7, 11) is 0. The number of thioether (sulfide) groups is 1. The smallest absolute Gasteiger partial charge is 0.191 e. The van der Waals surface area contributed by atoms with E-state index in [2.05, 4.69) is 27.4 Å². The second-order valence-electron chi connectivity index (χ2n) is 5.99. The van der Waals surface area contributed by atoms with Crippen molar-refractivity contribution >= 4 is 23.4 Å². The molecule has 0 unspecified atom stereocenters. The first kappa shape index (κ1) is 16.6. The molecule has 3 rings (SSSR count). The molecule has 122 valence electrons. The molecule has 1 aromatic carbocycles. The van der Waals surface area contributed by atoms with E-state index in [0.29, 0.717) is 5.92 Å². The average Bonchev–Trinajstić information content (AvgIpc) is 2.97. The lowest BCUT2D eigenvalue weighted by atomic mass is 9.89. The van der Waals surface area contributed by atoms with E-state index in [1.807, 2.05) is 24.3 Å². The van der Waals surface area contributed by atoms with Crippen molar-refractivity contribution in [1.82, 2.24) is 14.8 Å². The molecule has 0 amide bonds. The summed E-state index contributed by atoms with van der Waals surface area (Å²) in [5.41, 5.74) is 1.20. The minimum atomic E-state index is 0.553. The van der Waals surface area contributed by atoms with Crippen LogP contribution >= 0.6 is 23.4 Å². The highest BCUT2D eigenvalue weighted by atomic mass is 35.5. The summed E-state index contributed by atoms with van der Waals surface area (Å²) in [5, 5.41) is 10.7. The second kappa shape index (κ2) is 8.02. The van der Waals surface area contributed by atoms with Crippen LogP contribution in [0.15, 0.2) is 42.1 Å². The molecule has 0 saturated heterocycles. The summed E-state index contributed by atoms with van der Waals surface area (Å²) in [6.45, 7) is 4.66. The monoisotopic (exact) mass is 347 g/mol. The van der Waals surface area contributed by atoms with Crippen LogP contribution in [0.5, 0.6) is 0 Å². The van der Waals surface area contributed by atoms with Gasteiger partial charge in [-0.05, 0) is 30.5 Å². The second-order valence-corrected chi connectivity index (χ2v) is 7.37. The van der Waals surface area contributed by atoms with Gasteiger partial charge in [-0.2, -0.15) is 0 Å². The maximum Gasteiger partial charge on any atom is 0.191 e. The summed E-state index contributed by atoms with van der Waals surface area (Å²) in [6, 6.07) is 7.98. The molecule has 0 bridgehead atoms.